The van der Waals surface area contributed by atoms with Crippen LogP contribution in [0.4, 0.5) is 5.69 Å². The fraction of sp³-hybridized carbons (Fsp3) is 0.238. The number of aromatic nitrogens is 1. The number of rotatable bonds is 5. The van der Waals surface area contributed by atoms with Crippen LogP contribution in [-0.4, -0.2) is 33.3 Å². The second kappa shape index (κ2) is 8.33. The van der Waals surface area contributed by atoms with Crippen molar-refractivity contribution in [2.45, 2.75) is 20.4 Å². The summed E-state index contributed by atoms with van der Waals surface area (Å²) in [5.74, 6) is 0. The standard InChI is InChI=1S/C21H23N3O2S/c1-14-4-3-5-18(10-14)22-21(27)24(8-9-25)13-17-12-16-7-6-15(2)11-19(16)23-20(17)26/h3-7,10-12,25H,8-9,13H2,1-2H3,(H,22,27)(H,23,26). The molecule has 0 unspecified atom stereocenters. The van der Waals surface area contributed by atoms with Crippen molar-refractivity contribution in [2.24, 2.45) is 0 Å². The van der Waals surface area contributed by atoms with Crippen LogP contribution < -0.4 is 10.9 Å². The van der Waals surface area contributed by atoms with Gasteiger partial charge in [-0.2, -0.15) is 0 Å². The quantitative estimate of drug-likeness (QED) is 0.592. The van der Waals surface area contributed by atoms with Gasteiger partial charge in [0.15, 0.2) is 5.11 Å². The number of fused-ring (bicyclic) bond motifs is 1. The van der Waals surface area contributed by atoms with Gasteiger partial charge in [-0.15, -0.1) is 0 Å². The van der Waals surface area contributed by atoms with Gasteiger partial charge in [-0.3, -0.25) is 4.79 Å². The lowest BCUT2D eigenvalue weighted by molar-refractivity contribution is 0.248. The molecule has 0 bridgehead atoms. The van der Waals surface area contributed by atoms with Crippen molar-refractivity contribution in [1.29, 1.82) is 0 Å². The second-order valence-corrected chi connectivity index (χ2v) is 7.05. The molecular formula is C21H23N3O2S. The van der Waals surface area contributed by atoms with Crippen LogP contribution in [0.2, 0.25) is 0 Å². The Bertz CT molecular complexity index is 1030. The van der Waals surface area contributed by atoms with Crippen molar-refractivity contribution < 1.29 is 5.11 Å². The van der Waals surface area contributed by atoms with E-state index in [1.807, 2.05) is 62.4 Å². The lowest BCUT2D eigenvalue weighted by Crippen LogP contribution is -2.37. The minimum Gasteiger partial charge on any atom is -0.395 e. The van der Waals surface area contributed by atoms with E-state index < -0.39 is 0 Å². The van der Waals surface area contributed by atoms with Gasteiger partial charge in [-0.05, 0) is 66.8 Å². The molecule has 0 aliphatic carbocycles. The number of anilines is 1. The highest BCUT2D eigenvalue weighted by Gasteiger charge is 2.13. The van der Waals surface area contributed by atoms with Gasteiger partial charge in [0, 0.05) is 23.3 Å². The van der Waals surface area contributed by atoms with Crippen LogP contribution in [0, 0.1) is 13.8 Å². The average molecular weight is 382 g/mol. The maximum Gasteiger partial charge on any atom is 0.253 e. The van der Waals surface area contributed by atoms with Gasteiger partial charge < -0.3 is 20.3 Å². The summed E-state index contributed by atoms with van der Waals surface area (Å²) in [5, 5.41) is 14.1. The summed E-state index contributed by atoms with van der Waals surface area (Å²) in [6.07, 6.45) is 0. The average Bonchev–Trinajstić information content (AvgIpc) is 2.62. The zero-order chi connectivity index (χ0) is 19.4. The fourth-order valence-corrected chi connectivity index (χ4v) is 3.26. The van der Waals surface area contributed by atoms with Crippen LogP contribution in [0.25, 0.3) is 10.9 Å². The van der Waals surface area contributed by atoms with Crippen molar-refractivity contribution in [3.8, 4) is 0 Å². The largest absolute Gasteiger partial charge is 0.395 e. The van der Waals surface area contributed by atoms with Crippen molar-refractivity contribution in [2.75, 3.05) is 18.5 Å². The lowest BCUT2D eigenvalue weighted by atomic mass is 10.1. The van der Waals surface area contributed by atoms with Crippen LogP contribution >= 0.6 is 12.2 Å². The normalized spacial score (nSPS) is 10.8. The number of hydrogen-bond donors (Lipinski definition) is 3. The molecule has 6 heteroatoms. The molecule has 5 nitrogen and oxygen atoms in total. The Hall–Kier alpha value is -2.70. The number of aromatic amines is 1. The van der Waals surface area contributed by atoms with Gasteiger partial charge in [0.25, 0.3) is 5.56 Å². The summed E-state index contributed by atoms with van der Waals surface area (Å²) in [5.41, 5.74) is 4.38. The third kappa shape index (κ3) is 4.72. The van der Waals surface area contributed by atoms with E-state index in [0.717, 1.165) is 27.7 Å². The van der Waals surface area contributed by atoms with E-state index in [1.165, 1.54) is 0 Å². The molecule has 0 fully saturated rings. The van der Waals surface area contributed by atoms with E-state index in [2.05, 4.69) is 10.3 Å². The highest BCUT2D eigenvalue weighted by Crippen LogP contribution is 2.15. The summed E-state index contributed by atoms with van der Waals surface area (Å²) in [4.78, 5) is 17.2. The summed E-state index contributed by atoms with van der Waals surface area (Å²) in [7, 11) is 0. The van der Waals surface area contributed by atoms with E-state index in [0.29, 0.717) is 23.8 Å². The molecule has 140 valence electrons. The molecular weight excluding hydrogens is 358 g/mol. The number of aliphatic hydroxyl groups excluding tert-OH is 1. The number of pyridine rings is 1. The molecule has 0 saturated heterocycles. The molecule has 0 radical (unpaired) electrons. The maximum atomic E-state index is 12.5. The highest BCUT2D eigenvalue weighted by molar-refractivity contribution is 7.80. The topological polar surface area (TPSA) is 68.4 Å². The summed E-state index contributed by atoms with van der Waals surface area (Å²) in [6.45, 7) is 4.60. The van der Waals surface area contributed by atoms with Crippen LogP contribution in [0.3, 0.4) is 0 Å². The molecule has 0 aliphatic heterocycles. The van der Waals surface area contributed by atoms with Crippen LogP contribution in [0.15, 0.2) is 53.3 Å². The Morgan fingerprint density at radius 2 is 1.93 bits per heavy atom. The monoisotopic (exact) mass is 381 g/mol. The van der Waals surface area contributed by atoms with Crippen LogP contribution in [0.5, 0.6) is 0 Å². The Kier molecular flexibility index (Phi) is 5.88. The first kappa shape index (κ1) is 19.1. The van der Waals surface area contributed by atoms with Crippen LogP contribution in [0.1, 0.15) is 16.7 Å². The molecule has 0 aliphatic rings. The van der Waals surface area contributed by atoms with E-state index in [1.54, 1.807) is 4.90 Å². The number of hydrogen-bond acceptors (Lipinski definition) is 3. The van der Waals surface area contributed by atoms with Crippen molar-refractivity contribution in [3.05, 3.63) is 75.6 Å². The number of benzene rings is 2. The van der Waals surface area contributed by atoms with Crippen molar-refractivity contribution >= 4 is 33.9 Å². The Morgan fingerprint density at radius 1 is 1.15 bits per heavy atom. The molecule has 1 aromatic heterocycles. The summed E-state index contributed by atoms with van der Waals surface area (Å²) < 4.78 is 0. The molecule has 3 aromatic rings. The molecule has 0 spiro atoms. The maximum absolute atomic E-state index is 12.5. The van der Waals surface area contributed by atoms with Gasteiger partial charge in [0.2, 0.25) is 0 Å². The van der Waals surface area contributed by atoms with Gasteiger partial charge in [0.05, 0.1) is 13.2 Å². The number of nitrogens with zero attached hydrogens (tertiary/aromatic N) is 1. The van der Waals surface area contributed by atoms with E-state index in [9.17, 15) is 9.90 Å². The molecule has 1 heterocycles. The minimum atomic E-state index is -0.144. The molecule has 27 heavy (non-hydrogen) atoms. The predicted octanol–water partition coefficient (Wildman–Crippen LogP) is 3.34. The fourth-order valence-electron chi connectivity index (χ4n) is 2.98. The molecule has 0 atom stereocenters. The first-order valence-electron chi connectivity index (χ1n) is 8.82. The van der Waals surface area contributed by atoms with E-state index >= 15 is 0 Å². The minimum absolute atomic E-state index is 0.0552. The van der Waals surface area contributed by atoms with Gasteiger partial charge in [-0.1, -0.05) is 24.3 Å². The van der Waals surface area contributed by atoms with Crippen LogP contribution in [-0.2, 0) is 6.54 Å². The SMILES string of the molecule is Cc1cccc(NC(=S)N(CCO)Cc2cc3ccc(C)cc3[nH]c2=O)c1. The summed E-state index contributed by atoms with van der Waals surface area (Å²) >= 11 is 5.51. The first-order valence-corrected chi connectivity index (χ1v) is 9.23. The zero-order valence-corrected chi connectivity index (χ0v) is 16.3. The van der Waals surface area contributed by atoms with Crippen molar-refractivity contribution in [1.82, 2.24) is 9.88 Å². The summed E-state index contributed by atoms with van der Waals surface area (Å²) in [6, 6.07) is 15.7. The third-order valence-corrected chi connectivity index (χ3v) is 4.73. The molecule has 0 saturated carbocycles. The Balaban J connectivity index is 1.84. The smallest absolute Gasteiger partial charge is 0.253 e. The number of aryl methyl sites for hydroxylation is 2. The Labute approximate surface area is 163 Å². The molecule has 2 aromatic carbocycles. The second-order valence-electron chi connectivity index (χ2n) is 6.66. The molecule has 3 N–H and O–H groups in total. The highest BCUT2D eigenvalue weighted by atomic mass is 32.1. The Morgan fingerprint density at radius 3 is 2.67 bits per heavy atom. The van der Waals surface area contributed by atoms with Gasteiger partial charge in [-0.25, -0.2) is 0 Å². The first-order chi connectivity index (χ1) is 13.0. The number of H-pyrrole nitrogens is 1. The zero-order valence-electron chi connectivity index (χ0n) is 15.5. The number of thiocarbonyl (C=S) groups is 1. The predicted molar refractivity (Wildman–Crippen MR) is 114 cm³/mol. The van der Waals surface area contributed by atoms with E-state index in [4.69, 9.17) is 12.2 Å². The number of aliphatic hydroxyl groups is 1. The molecule has 3 rings (SSSR count). The third-order valence-electron chi connectivity index (χ3n) is 4.37. The lowest BCUT2D eigenvalue weighted by Gasteiger charge is -2.25. The van der Waals surface area contributed by atoms with Gasteiger partial charge >= 0.3 is 0 Å². The van der Waals surface area contributed by atoms with Gasteiger partial charge in [0.1, 0.15) is 0 Å². The molecule has 0 amide bonds. The number of nitrogens with one attached hydrogen (secondary N) is 2. The van der Waals surface area contributed by atoms with E-state index in [-0.39, 0.29) is 12.2 Å². The van der Waals surface area contributed by atoms with Crippen molar-refractivity contribution in [3.63, 3.8) is 0 Å².